The van der Waals surface area contributed by atoms with Gasteiger partial charge in [0.1, 0.15) is 6.61 Å². The van der Waals surface area contributed by atoms with Crippen molar-refractivity contribution < 1.29 is 23.7 Å². The van der Waals surface area contributed by atoms with Gasteiger partial charge in [0.15, 0.2) is 11.5 Å². The van der Waals surface area contributed by atoms with E-state index in [1.165, 1.54) is 6.42 Å². The lowest BCUT2D eigenvalue weighted by atomic mass is 10.1. The van der Waals surface area contributed by atoms with Crippen molar-refractivity contribution in [1.82, 2.24) is 4.90 Å². The van der Waals surface area contributed by atoms with Crippen LogP contribution in [0.25, 0.3) is 0 Å². The zero-order chi connectivity index (χ0) is 17.5. The number of rotatable bonds is 5. The molecule has 2 aliphatic rings. The lowest BCUT2D eigenvalue weighted by molar-refractivity contribution is -0.139. The first-order valence-corrected chi connectivity index (χ1v) is 9.03. The molecule has 25 heavy (non-hydrogen) atoms. The van der Waals surface area contributed by atoms with E-state index in [0.717, 1.165) is 37.2 Å². The molecule has 0 N–H and O–H groups in total. The summed E-state index contributed by atoms with van der Waals surface area (Å²) in [6.45, 7) is 3.13. The van der Waals surface area contributed by atoms with Gasteiger partial charge in [-0.05, 0) is 31.7 Å². The Balaban J connectivity index is 1.56. The Hall–Kier alpha value is -1.79. The highest BCUT2D eigenvalue weighted by Crippen LogP contribution is 2.33. The maximum absolute atomic E-state index is 12.6. The van der Waals surface area contributed by atoms with Crippen LogP contribution in [0.1, 0.15) is 31.2 Å². The molecule has 6 heteroatoms. The maximum atomic E-state index is 12.6. The summed E-state index contributed by atoms with van der Waals surface area (Å²) in [5, 5.41) is 0. The summed E-state index contributed by atoms with van der Waals surface area (Å²) in [7, 11) is 1.63. The summed E-state index contributed by atoms with van der Waals surface area (Å²) in [5.74, 6) is 1.45. The average Bonchev–Trinajstić information content (AvgIpc) is 2.62. The quantitative estimate of drug-likeness (QED) is 0.817. The molecule has 6 nitrogen and oxygen atoms in total. The van der Waals surface area contributed by atoms with Crippen molar-refractivity contribution in [3.05, 3.63) is 23.8 Å². The third-order valence-corrected chi connectivity index (χ3v) is 4.62. The number of hydrogen-bond acceptors (Lipinski definition) is 5. The largest absolute Gasteiger partial charge is 0.493 e. The van der Waals surface area contributed by atoms with Gasteiger partial charge in [0.05, 0.1) is 26.4 Å². The van der Waals surface area contributed by atoms with Gasteiger partial charge in [-0.25, -0.2) is 0 Å². The molecule has 1 fully saturated rings. The molecular formula is C19H27NO5. The summed E-state index contributed by atoms with van der Waals surface area (Å²) in [6.07, 6.45) is 4.23. The van der Waals surface area contributed by atoms with Crippen molar-refractivity contribution in [1.29, 1.82) is 0 Å². The van der Waals surface area contributed by atoms with Crippen molar-refractivity contribution in [2.45, 2.75) is 38.3 Å². The van der Waals surface area contributed by atoms with E-state index in [-0.39, 0.29) is 18.6 Å². The van der Waals surface area contributed by atoms with Gasteiger partial charge in [-0.1, -0.05) is 12.1 Å². The maximum Gasteiger partial charge on any atom is 0.248 e. The van der Waals surface area contributed by atoms with Gasteiger partial charge >= 0.3 is 0 Å². The second-order valence-corrected chi connectivity index (χ2v) is 6.47. The Labute approximate surface area is 149 Å². The highest BCUT2D eigenvalue weighted by atomic mass is 16.5. The van der Waals surface area contributed by atoms with Crippen LogP contribution < -0.4 is 9.47 Å². The summed E-state index contributed by atoms with van der Waals surface area (Å²) >= 11 is 0. The first-order valence-electron chi connectivity index (χ1n) is 9.03. The van der Waals surface area contributed by atoms with Crippen LogP contribution in [0.2, 0.25) is 0 Å². The molecule has 3 rings (SSSR count). The molecule has 1 aromatic carbocycles. The molecule has 2 heterocycles. The molecule has 0 radical (unpaired) electrons. The lowest BCUT2D eigenvalue weighted by Crippen LogP contribution is -2.37. The minimum atomic E-state index is 0.00600. The first kappa shape index (κ1) is 18.0. The minimum absolute atomic E-state index is 0.00600. The van der Waals surface area contributed by atoms with Crippen molar-refractivity contribution in [2.24, 2.45) is 0 Å². The summed E-state index contributed by atoms with van der Waals surface area (Å²) in [6, 6.07) is 5.77. The van der Waals surface area contributed by atoms with E-state index >= 15 is 0 Å². The summed E-state index contributed by atoms with van der Waals surface area (Å²) in [5.41, 5.74) is 0.961. The van der Waals surface area contributed by atoms with Crippen molar-refractivity contribution in [3.8, 4) is 11.5 Å². The van der Waals surface area contributed by atoms with E-state index in [9.17, 15) is 4.79 Å². The van der Waals surface area contributed by atoms with Crippen molar-refractivity contribution >= 4 is 5.91 Å². The number of ether oxygens (including phenoxy) is 4. The molecule has 1 unspecified atom stereocenters. The van der Waals surface area contributed by atoms with Crippen LogP contribution in [0.4, 0.5) is 0 Å². The van der Waals surface area contributed by atoms with Crippen LogP contribution in [-0.2, 0) is 20.8 Å². The van der Waals surface area contributed by atoms with Crippen LogP contribution in [0.15, 0.2) is 18.2 Å². The van der Waals surface area contributed by atoms with E-state index in [1.54, 1.807) is 7.11 Å². The van der Waals surface area contributed by atoms with Crippen LogP contribution in [0.3, 0.4) is 0 Å². The Bertz CT molecular complexity index is 571. The highest BCUT2D eigenvalue weighted by Gasteiger charge is 2.21. The summed E-state index contributed by atoms with van der Waals surface area (Å²) < 4.78 is 22.5. The van der Waals surface area contributed by atoms with E-state index < -0.39 is 0 Å². The van der Waals surface area contributed by atoms with E-state index in [4.69, 9.17) is 18.9 Å². The van der Waals surface area contributed by atoms with E-state index in [2.05, 4.69) is 0 Å². The SMILES string of the molecule is COc1cccc2c1OCCCN(C(=O)COCC1CCCCO1)C2. The number of carbonyl (C=O) groups is 1. The molecule has 1 amide bonds. The smallest absolute Gasteiger partial charge is 0.248 e. The van der Waals surface area contributed by atoms with Gasteiger partial charge in [-0.3, -0.25) is 4.79 Å². The molecule has 1 atom stereocenters. The Morgan fingerprint density at radius 1 is 1.28 bits per heavy atom. The Kier molecular flexibility index (Phi) is 6.53. The molecule has 0 aromatic heterocycles. The average molecular weight is 349 g/mol. The third kappa shape index (κ3) is 4.86. The van der Waals surface area contributed by atoms with Crippen LogP contribution >= 0.6 is 0 Å². The molecule has 1 saturated heterocycles. The zero-order valence-corrected chi connectivity index (χ0v) is 14.9. The molecular weight excluding hydrogens is 322 g/mol. The first-order chi connectivity index (χ1) is 12.3. The molecule has 0 saturated carbocycles. The fourth-order valence-corrected chi connectivity index (χ4v) is 3.25. The fraction of sp³-hybridized carbons (Fsp3) is 0.632. The van der Waals surface area contributed by atoms with Crippen LogP contribution in [-0.4, -0.2) is 57.0 Å². The monoisotopic (exact) mass is 349 g/mol. The number of methoxy groups -OCH3 is 1. The van der Waals surface area contributed by atoms with Crippen LogP contribution in [0, 0.1) is 0 Å². The number of hydrogen-bond donors (Lipinski definition) is 0. The van der Waals surface area contributed by atoms with E-state index in [1.807, 2.05) is 23.1 Å². The van der Waals surface area contributed by atoms with Crippen molar-refractivity contribution in [2.75, 3.05) is 40.1 Å². The van der Waals surface area contributed by atoms with Crippen molar-refractivity contribution in [3.63, 3.8) is 0 Å². The number of nitrogens with zero attached hydrogens (tertiary/aromatic N) is 1. The molecule has 2 aliphatic heterocycles. The normalized spacial score (nSPS) is 20.8. The van der Waals surface area contributed by atoms with Gasteiger partial charge in [-0.2, -0.15) is 0 Å². The molecule has 0 bridgehead atoms. The fourth-order valence-electron chi connectivity index (χ4n) is 3.25. The predicted molar refractivity (Wildman–Crippen MR) is 92.9 cm³/mol. The van der Waals surface area contributed by atoms with Crippen LogP contribution in [0.5, 0.6) is 11.5 Å². The third-order valence-electron chi connectivity index (χ3n) is 4.62. The Morgan fingerprint density at radius 2 is 2.20 bits per heavy atom. The Morgan fingerprint density at radius 3 is 3.00 bits per heavy atom. The molecule has 138 valence electrons. The number of benzene rings is 1. The van der Waals surface area contributed by atoms with E-state index in [0.29, 0.717) is 32.1 Å². The number of fused-ring (bicyclic) bond motifs is 1. The van der Waals surface area contributed by atoms with Gasteiger partial charge in [0.2, 0.25) is 5.91 Å². The predicted octanol–water partition coefficient (Wildman–Crippen LogP) is 2.39. The summed E-state index contributed by atoms with van der Waals surface area (Å²) in [4.78, 5) is 14.4. The highest BCUT2D eigenvalue weighted by molar-refractivity contribution is 5.77. The number of amides is 1. The minimum Gasteiger partial charge on any atom is -0.493 e. The lowest BCUT2D eigenvalue weighted by Gasteiger charge is -2.28. The second-order valence-electron chi connectivity index (χ2n) is 6.47. The molecule has 0 spiro atoms. The van der Waals surface area contributed by atoms with Gasteiger partial charge in [-0.15, -0.1) is 0 Å². The second kappa shape index (κ2) is 9.06. The molecule has 1 aromatic rings. The zero-order valence-electron chi connectivity index (χ0n) is 14.9. The number of para-hydroxylation sites is 1. The molecule has 0 aliphatic carbocycles. The van der Waals surface area contributed by atoms with Gasteiger partial charge in [0, 0.05) is 25.3 Å². The standard InChI is InChI=1S/C19H27NO5/c1-22-17-8-4-6-15-12-20(9-5-11-25-19(15)17)18(21)14-23-13-16-7-2-3-10-24-16/h4,6,8,16H,2-3,5,7,9-14H2,1H3. The number of carbonyl (C=O) groups excluding carboxylic acids is 1. The van der Waals surface area contributed by atoms with Gasteiger partial charge in [0.25, 0.3) is 0 Å². The topological polar surface area (TPSA) is 57.2 Å². The van der Waals surface area contributed by atoms with Gasteiger partial charge < -0.3 is 23.8 Å².